The van der Waals surface area contributed by atoms with Crippen molar-refractivity contribution in [3.8, 4) is 5.75 Å². The Kier molecular flexibility index (Phi) is 6.98. The summed E-state index contributed by atoms with van der Waals surface area (Å²) in [5, 5.41) is 9.27. The molecule has 1 aliphatic rings. The molecule has 0 bridgehead atoms. The lowest BCUT2D eigenvalue weighted by molar-refractivity contribution is -0.149. The van der Waals surface area contributed by atoms with Crippen LogP contribution in [0.1, 0.15) is 30.5 Å². The topological polar surface area (TPSA) is 55.8 Å². The molecular weight excluding hydrogens is 420 g/mol. The summed E-state index contributed by atoms with van der Waals surface area (Å²) >= 11 is 1.80. The molecule has 0 saturated carbocycles. The van der Waals surface area contributed by atoms with Crippen LogP contribution in [0.25, 0.3) is 5.57 Å². The third-order valence-corrected chi connectivity index (χ3v) is 6.55. The summed E-state index contributed by atoms with van der Waals surface area (Å²) in [7, 11) is 0. The second-order valence-corrected chi connectivity index (χ2v) is 8.75. The number of rotatable bonds is 8. The van der Waals surface area contributed by atoms with Crippen LogP contribution in [-0.4, -0.2) is 30.4 Å². The molecule has 1 aliphatic heterocycles. The van der Waals surface area contributed by atoms with Crippen molar-refractivity contribution in [1.29, 1.82) is 0 Å². The molecule has 32 heavy (non-hydrogen) atoms. The molecule has 0 aromatic heterocycles. The molecule has 4 nitrogen and oxygen atoms in total. The van der Waals surface area contributed by atoms with Gasteiger partial charge in [-0.2, -0.15) is 0 Å². The molecule has 0 saturated heterocycles. The smallest absolute Gasteiger partial charge is 0.333 e. The second-order valence-electron chi connectivity index (χ2n) is 7.67. The molecule has 164 valence electrons. The Morgan fingerprint density at radius 2 is 1.53 bits per heavy atom. The van der Waals surface area contributed by atoms with E-state index in [1.807, 2.05) is 24.3 Å². The number of carboxylic acid groups (broad SMARTS) is 1. The lowest BCUT2D eigenvalue weighted by Gasteiger charge is -2.24. The molecule has 3 aromatic carbocycles. The first kappa shape index (κ1) is 22.2. The average molecular weight is 447 g/mol. The summed E-state index contributed by atoms with van der Waals surface area (Å²) < 4.78 is 11.4. The summed E-state index contributed by atoms with van der Waals surface area (Å²) in [4.78, 5) is 13.8. The van der Waals surface area contributed by atoms with Gasteiger partial charge in [0.25, 0.3) is 0 Å². The van der Waals surface area contributed by atoms with Crippen LogP contribution in [0.3, 0.4) is 0 Å². The van der Waals surface area contributed by atoms with Crippen molar-refractivity contribution < 1.29 is 19.4 Å². The maximum Gasteiger partial charge on any atom is 0.333 e. The highest BCUT2D eigenvalue weighted by molar-refractivity contribution is 7.99. The van der Waals surface area contributed by atoms with E-state index in [-0.39, 0.29) is 0 Å². The zero-order valence-corrected chi connectivity index (χ0v) is 19.0. The monoisotopic (exact) mass is 446 g/mol. The number of ether oxygens (including phenoxy) is 2. The molecule has 3 aromatic rings. The Bertz CT molecular complexity index is 1090. The van der Waals surface area contributed by atoms with Gasteiger partial charge >= 0.3 is 5.97 Å². The van der Waals surface area contributed by atoms with Crippen LogP contribution in [0, 0.1) is 0 Å². The van der Waals surface area contributed by atoms with Gasteiger partial charge in [-0.1, -0.05) is 60.3 Å². The van der Waals surface area contributed by atoms with Gasteiger partial charge in [-0.25, -0.2) is 4.79 Å². The lowest BCUT2D eigenvalue weighted by Crippen LogP contribution is -2.26. The molecule has 0 amide bonds. The fourth-order valence-electron chi connectivity index (χ4n) is 3.87. The Labute approximate surface area is 192 Å². The molecule has 1 heterocycles. The summed E-state index contributed by atoms with van der Waals surface area (Å²) in [6.45, 7) is 4.76. The van der Waals surface area contributed by atoms with E-state index in [0.29, 0.717) is 19.6 Å². The number of hydrogen-bond donors (Lipinski definition) is 1. The highest BCUT2D eigenvalue weighted by Gasteiger charge is 2.22. The molecule has 0 spiro atoms. The number of carbonyl (C=O) groups is 1. The number of aliphatic carboxylic acids is 1. The van der Waals surface area contributed by atoms with Gasteiger partial charge in [0.15, 0.2) is 6.10 Å². The molecule has 0 fully saturated rings. The number of fused-ring (bicyclic) bond motifs is 2. The Hall–Kier alpha value is -3.02. The molecule has 4 rings (SSSR count). The molecule has 1 atom stereocenters. The maximum atomic E-state index is 11.3. The first-order valence-corrected chi connectivity index (χ1v) is 11.5. The molecule has 1 unspecified atom stereocenters. The van der Waals surface area contributed by atoms with Gasteiger partial charge in [-0.05, 0) is 65.9 Å². The first-order chi connectivity index (χ1) is 15.6. The lowest BCUT2D eigenvalue weighted by atomic mass is 9.93. The molecule has 0 radical (unpaired) electrons. The van der Waals surface area contributed by atoms with E-state index in [4.69, 9.17) is 9.47 Å². The maximum absolute atomic E-state index is 11.3. The average Bonchev–Trinajstić information content (AvgIpc) is 2.81. The fraction of sp³-hybridized carbons (Fsp3) is 0.222. The van der Waals surface area contributed by atoms with Crippen molar-refractivity contribution in [3.05, 3.63) is 95.1 Å². The van der Waals surface area contributed by atoms with Crippen molar-refractivity contribution in [3.63, 3.8) is 0 Å². The van der Waals surface area contributed by atoms with E-state index in [2.05, 4.69) is 55.5 Å². The van der Waals surface area contributed by atoms with E-state index >= 15 is 0 Å². The van der Waals surface area contributed by atoms with Crippen LogP contribution in [0.2, 0.25) is 0 Å². The molecular formula is C27H26O4S. The van der Waals surface area contributed by atoms with Gasteiger partial charge < -0.3 is 14.6 Å². The fourth-order valence-corrected chi connectivity index (χ4v) is 4.96. The van der Waals surface area contributed by atoms with E-state index in [0.717, 1.165) is 16.9 Å². The van der Waals surface area contributed by atoms with Crippen molar-refractivity contribution in [2.45, 2.75) is 36.2 Å². The normalized spacial score (nSPS) is 13.1. The SMILES string of the molecule is CCOC(Cc1ccc(OCC(C)=C2c3ccccc3Sc3ccccc32)cc1)C(=O)O. The van der Waals surface area contributed by atoms with E-state index in [1.165, 1.54) is 26.5 Å². The minimum Gasteiger partial charge on any atom is -0.489 e. The van der Waals surface area contributed by atoms with Gasteiger partial charge in [0, 0.05) is 22.8 Å². The summed E-state index contributed by atoms with van der Waals surface area (Å²) in [6, 6.07) is 24.5. The molecule has 0 aliphatic carbocycles. The molecule has 5 heteroatoms. The van der Waals surface area contributed by atoms with Crippen molar-refractivity contribution >= 4 is 23.3 Å². The minimum atomic E-state index is -0.944. The summed E-state index contributed by atoms with van der Waals surface area (Å²) in [6.07, 6.45) is -0.499. The third-order valence-electron chi connectivity index (χ3n) is 5.40. The Morgan fingerprint density at radius 3 is 2.09 bits per heavy atom. The zero-order valence-electron chi connectivity index (χ0n) is 18.2. The quantitative estimate of drug-likeness (QED) is 0.355. The highest BCUT2D eigenvalue weighted by Crippen LogP contribution is 2.46. The predicted octanol–water partition coefficient (Wildman–Crippen LogP) is 6.08. The number of hydrogen-bond acceptors (Lipinski definition) is 4. The second kappa shape index (κ2) is 10.1. The highest BCUT2D eigenvalue weighted by atomic mass is 32.2. The van der Waals surface area contributed by atoms with Gasteiger partial charge in [0.1, 0.15) is 12.4 Å². The Morgan fingerprint density at radius 1 is 0.938 bits per heavy atom. The van der Waals surface area contributed by atoms with Crippen LogP contribution in [0.5, 0.6) is 5.75 Å². The first-order valence-electron chi connectivity index (χ1n) is 10.7. The molecule has 1 N–H and O–H groups in total. The van der Waals surface area contributed by atoms with Gasteiger partial charge in [-0.3, -0.25) is 0 Å². The largest absolute Gasteiger partial charge is 0.489 e. The standard InChI is InChI=1S/C27H26O4S/c1-3-30-23(27(28)29)16-19-12-14-20(15-13-19)31-17-18(2)26-21-8-4-6-10-24(21)32-25-11-7-5-9-22(25)26/h4-15,23H,3,16-17H2,1-2H3,(H,28,29). The minimum absolute atomic E-state index is 0.331. The van der Waals surface area contributed by atoms with E-state index < -0.39 is 12.1 Å². The van der Waals surface area contributed by atoms with Crippen LogP contribution >= 0.6 is 11.8 Å². The summed E-state index contributed by atoms with van der Waals surface area (Å²) in [5.74, 6) is -0.190. The van der Waals surface area contributed by atoms with Crippen LogP contribution in [0.4, 0.5) is 0 Å². The predicted molar refractivity (Wildman–Crippen MR) is 127 cm³/mol. The van der Waals surface area contributed by atoms with Crippen molar-refractivity contribution in [2.75, 3.05) is 13.2 Å². The Balaban J connectivity index is 1.52. The van der Waals surface area contributed by atoms with Gasteiger partial charge in [0.05, 0.1) is 0 Å². The van der Waals surface area contributed by atoms with Crippen molar-refractivity contribution in [2.24, 2.45) is 0 Å². The van der Waals surface area contributed by atoms with E-state index in [9.17, 15) is 9.90 Å². The van der Waals surface area contributed by atoms with Crippen LogP contribution in [-0.2, 0) is 16.0 Å². The number of benzene rings is 3. The zero-order chi connectivity index (χ0) is 22.5. The van der Waals surface area contributed by atoms with E-state index in [1.54, 1.807) is 18.7 Å². The van der Waals surface area contributed by atoms with Gasteiger partial charge in [0.2, 0.25) is 0 Å². The van der Waals surface area contributed by atoms with Crippen molar-refractivity contribution in [1.82, 2.24) is 0 Å². The summed E-state index contributed by atoms with van der Waals surface area (Å²) in [5.41, 5.74) is 5.77. The van der Waals surface area contributed by atoms with Gasteiger partial charge in [-0.15, -0.1) is 0 Å². The third kappa shape index (κ3) is 4.90. The number of carboxylic acids is 1. The van der Waals surface area contributed by atoms with Crippen LogP contribution in [0.15, 0.2) is 88.2 Å². The van der Waals surface area contributed by atoms with Crippen LogP contribution < -0.4 is 4.74 Å².